The fourth-order valence-corrected chi connectivity index (χ4v) is 4.59. The van der Waals surface area contributed by atoms with Crippen molar-refractivity contribution in [1.82, 2.24) is 10.3 Å². The molecular weight excluding hydrogens is 433 g/mol. The van der Waals surface area contributed by atoms with Crippen molar-refractivity contribution in [2.24, 2.45) is 5.41 Å². The lowest BCUT2D eigenvalue weighted by molar-refractivity contribution is -0.133. The second-order valence-corrected chi connectivity index (χ2v) is 9.32. The van der Waals surface area contributed by atoms with Gasteiger partial charge in [-0.15, -0.1) is 0 Å². The van der Waals surface area contributed by atoms with Crippen molar-refractivity contribution in [1.29, 1.82) is 0 Å². The van der Waals surface area contributed by atoms with Gasteiger partial charge in [-0.1, -0.05) is 18.2 Å². The largest absolute Gasteiger partial charge is 0.396 e. The number of amides is 1. The minimum Gasteiger partial charge on any atom is -0.396 e. The zero-order valence-electron chi connectivity index (χ0n) is 19.2. The monoisotopic (exact) mass is 461 g/mol. The van der Waals surface area contributed by atoms with Crippen LogP contribution in [0.5, 0.6) is 0 Å². The lowest BCUT2D eigenvalue weighted by Crippen LogP contribution is -2.53. The summed E-state index contributed by atoms with van der Waals surface area (Å²) in [6.07, 6.45) is 3.13. The van der Waals surface area contributed by atoms with E-state index in [1.807, 2.05) is 36.4 Å². The van der Waals surface area contributed by atoms with Crippen molar-refractivity contribution in [2.75, 3.05) is 37.8 Å². The van der Waals surface area contributed by atoms with Gasteiger partial charge in [-0.3, -0.25) is 4.79 Å². The molecule has 1 saturated heterocycles. The molecule has 5 rings (SSSR count). The van der Waals surface area contributed by atoms with Gasteiger partial charge in [0.05, 0.1) is 25.2 Å². The van der Waals surface area contributed by atoms with Gasteiger partial charge in [-0.25, -0.2) is 9.37 Å². The molecule has 176 valence electrons. The van der Waals surface area contributed by atoms with Crippen molar-refractivity contribution >= 4 is 17.4 Å². The number of hydrogen-bond acceptors (Lipinski definition) is 5. The first-order chi connectivity index (χ1) is 16.5. The first kappa shape index (κ1) is 22.5. The van der Waals surface area contributed by atoms with Crippen LogP contribution in [0.3, 0.4) is 0 Å². The van der Waals surface area contributed by atoms with Crippen LogP contribution in [-0.2, 0) is 17.6 Å². The summed E-state index contributed by atoms with van der Waals surface area (Å²) in [7, 11) is 0. The number of aliphatic hydroxyl groups is 1. The Labute approximate surface area is 198 Å². The van der Waals surface area contributed by atoms with Gasteiger partial charge in [0.15, 0.2) is 0 Å². The van der Waals surface area contributed by atoms with E-state index < -0.39 is 0 Å². The Bertz CT molecular complexity index is 1220. The molecule has 1 aromatic heterocycles. The van der Waals surface area contributed by atoms with E-state index in [1.165, 1.54) is 0 Å². The molecule has 3 heterocycles. The van der Waals surface area contributed by atoms with E-state index >= 15 is 0 Å². The second-order valence-electron chi connectivity index (χ2n) is 9.32. The SMILES string of the molecule is Cc1ccc(Cc2ccnc(N3CCc4c(C(=O)NCC5(CO)COC5)cccc43)c2)cc1F. The highest BCUT2D eigenvalue weighted by atomic mass is 19.1. The van der Waals surface area contributed by atoms with E-state index in [0.29, 0.717) is 37.3 Å². The fourth-order valence-electron chi connectivity index (χ4n) is 4.59. The smallest absolute Gasteiger partial charge is 0.251 e. The maximum atomic E-state index is 14.0. The van der Waals surface area contributed by atoms with Crippen LogP contribution in [0.4, 0.5) is 15.9 Å². The Hall–Kier alpha value is -3.29. The van der Waals surface area contributed by atoms with Crippen LogP contribution in [0, 0.1) is 18.2 Å². The molecule has 0 bridgehead atoms. The maximum absolute atomic E-state index is 14.0. The van der Waals surface area contributed by atoms with Crippen LogP contribution in [0.2, 0.25) is 0 Å². The summed E-state index contributed by atoms with van der Waals surface area (Å²) in [5, 5.41) is 12.6. The average molecular weight is 462 g/mol. The molecule has 2 aliphatic rings. The minimum atomic E-state index is -0.371. The van der Waals surface area contributed by atoms with Crippen LogP contribution in [0.15, 0.2) is 54.7 Å². The number of aryl methyl sites for hydroxylation is 1. The van der Waals surface area contributed by atoms with Crippen molar-refractivity contribution < 1.29 is 19.0 Å². The van der Waals surface area contributed by atoms with Crippen molar-refractivity contribution in [2.45, 2.75) is 19.8 Å². The number of nitrogens with zero attached hydrogens (tertiary/aromatic N) is 2. The minimum absolute atomic E-state index is 0.00874. The molecule has 2 N–H and O–H groups in total. The number of carbonyl (C=O) groups excluding carboxylic acids is 1. The van der Waals surface area contributed by atoms with Crippen LogP contribution in [0.1, 0.15) is 32.6 Å². The summed E-state index contributed by atoms with van der Waals surface area (Å²) < 4.78 is 19.2. The summed E-state index contributed by atoms with van der Waals surface area (Å²) >= 11 is 0. The van der Waals surface area contributed by atoms with E-state index in [1.54, 1.807) is 25.3 Å². The number of aliphatic hydroxyl groups excluding tert-OH is 1. The van der Waals surface area contributed by atoms with Gasteiger partial charge in [0, 0.05) is 30.5 Å². The number of pyridine rings is 1. The highest BCUT2D eigenvalue weighted by Crippen LogP contribution is 2.36. The van der Waals surface area contributed by atoms with Gasteiger partial charge in [-0.2, -0.15) is 0 Å². The number of halogens is 1. The molecule has 2 aliphatic heterocycles. The standard InChI is InChI=1S/C27H28FN3O3/c1-18-5-6-19(12-23(18)28)11-20-7-9-29-25(13-20)31-10-8-21-22(3-2-4-24(21)31)26(33)30-14-27(15-32)16-34-17-27/h2-7,9,12-13,32H,8,10-11,14-17H2,1H3,(H,30,33). The molecule has 0 aliphatic carbocycles. The number of ether oxygens (including phenoxy) is 1. The number of hydrogen-bond donors (Lipinski definition) is 2. The quantitative estimate of drug-likeness (QED) is 0.563. The first-order valence-corrected chi connectivity index (χ1v) is 11.5. The number of carbonyl (C=O) groups is 1. The van der Waals surface area contributed by atoms with Gasteiger partial charge >= 0.3 is 0 Å². The molecule has 3 aromatic rings. The van der Waals surface area contributed by atoms with Crippen LogP contribution in [0.25, 0.3) is 0 Å². The number of benzene rings is 2. The third-order valence-electron chi connectivity index (χ3n) is 6.78. The summed E-state index contributed by atoms with van der Waals surface area (Å²) in [5.41, 5.74) is 4.86. The van der Waals surface area contributed by atoms with E-state index in [9.17, 15) is 14.3 Å². The zero-order valence-corrected chi connectivity index (χ0v) is 19.2. The Balaban J connectivity index is 1.34. The predicted octanol–water partition coefficient (Wildman–Crippen LogP) is 3.55. The maximum Gasteiger partial charge on any atom is 0.251 e. The van der Waals surface area contributed by atoms with Gasteiger partial charge < -0.3 is 20.1 Å². The summed E-state index contributed by atoms with van der Waals surface area (Å²) in [5.74, 6) is 0.481. The lowest BCUT2D eigenvalue weighted by Gasteiger charge is -2.39. The van der Waals surface area contributed by atoms with E-state index in [2.05, 4.69) is 15.2 Å². The molecule has 0 saturated carbocycles. The van der Waals surface area contributed by atoms with Gasteiger partial charge in [-0.05, 0) is 72.4 Å². The normalized spacial score (nSPS) is 16.1. The molecule has 1 fully saturated rings. The number of fused-ring (bicyclic) bond motifs is 1. The molecule has 34 heavy (non-hydrogen) atoms. The second kappa shape index (κ2) is 9.16. The molecule has 0 spiro atoms. The Morgan fingerprint density at radius 3 is 2.76 bits per heavy atom. The topological polar surface area (TPSA) is 74.7 Å². The number of nitrogens with one attached hydrogen (secondary N) is 1. The Morgan fingerprint density at radius 2 is 2.03 bits per heavy atom. The van der Waals surface area contributed by atoms with E-state index in [0.717, 1.165) is 41.2 Å². The number of rotatable bonds is 7. The Kier molecular flexibility index (Phi) is 6.06. The Morgan fingerprint density at radius 1 is 1.21 bits per heavy atom. The molecule has 0 unspecified atom stereocenters. The molecular formula is C27H28FN3O3. The van der Waals surface area contributed by atoms with Crippen molar-refractivity contribution in [3.63, 3.8) is 0 Å². The third-order valence-corrected chi connectivity index (χ3v) is 6.78. The highest BCUT2D eigenvalue weighted by molar-refractivity contribution is 5.98. The molecule has 1 amide bonds. The lowest BCUT2D eigenvalue weighted by atomic mass is 9.87. The summed E-state index contributed by atoms with van der Waals surface area (Å²) in [6, 6.07) is 15.1. The predicted molar refractivity (Wildman–Crippen MR) is 128 cm³/mol. The van der Waals surface area contributed by atoms with Gasteiger partial charge in [0.2, 0.25) is 0 Å². The fraction of sp³-hybridized carbons (Fsp3) is 0.333. The van der Waals surface area contributed by atoms with Crippen LogP contribution in [-0.4, -0.2) is 48.9 Å². The van der Waals surface area contributed by atoms with E-state index in [-0.39, 0.29) is 23.7 Å². The average Bonchev–Trinajstić information content (AvgIpc) is 3.25. The van der Waals surface area contributed by atoms with E-state index in [4.69, 9.17) is 4.74 Å². The van der Waals surface area contributed by atoms with Crippen LogP contribution < -0.4 is 10.2 Å². The molecule has 7 heteroatoms. The summed E-state index contributed by atoms with van der Waals surface area (Å²) in [4.78, 5) is 19.7. The molecule has 0 radical (unpaired) electrons. The molecule has 0 atom stereocenters. The molecule has 2 aromatic carbocycles. The number of anilines is 2. The molecule has 6 nitrogen and oxygen atoms in total. The van der Waals surface area contributed by atoms with Crippen molar-refractivity contribution in [3.05, 3.63) is 88.4 Å². The summed E-state index contributed by atoms with van der Waals surface area (Å²) in [6.45, 7) is 3.78. The third kappa shape index (κ3) is 4.29. The number of aromatic nitrogens is 1. The highest BCUT2D eigenvalue weighted by Gasteiger charge is 2.38. The van der Waals surface area contributed by atoms with Gasteiger partial charge in [0.1, 0.15) is 11.6 Å². The van der Waals surface area contributed by atoms with Crippen LogP contribution >= 0.6 is 0 Å². The zero-order chi connectivity index (χ0) is 23.7. The van der Waals surface area contributed by atoms with Crippen molar-refractivity contribution in [3.8, 4) is 0 Å². The first-order valence-electron chi connectivity index (χ1n) is 11.5. The van der Waals surface area contributed by atoms with Gasteiger partial charge in [0.25, 0.3) is 5.91 Å².